The van der Waals surface area contributed by atoms with Gasteiger partial charge in [-0.05, 0) is 0 Å². The maximum absolute atomic E-state index is 11.2. The van der Waals surface area contributed by atoms with E-state index in [-0.39, 0.29) is 32.2 Å². The molecule has 184 valence electrons. The van der Waals surface area contributed by atoms with Crippen molar-refractivity contribution in [2.45, 2.75) is 49.0 Å². The van der Waals surface area contributed by atoms with Crippen LogP contribution in [0.4, 0.5) is 5.69 Å². The molecule has 0 saturated heterocycles. The third kappa shape index (κ3) is 6.35. The van der Waals surface area contributed by atoms with Crippen LogP contribution >= 0.6 is 23.1 Å². The van der Waals surface area contributed by atoms with Gasteiger partial charge in [-0.2, -0.15) is 8.42 Å². The molecule has 0 aliphatic carbocycles. The first-order valence-corrected chi connectivity index (χ1v) is 16.9. The predicted octanol–water partition coefficient (Wildman–Crippen LogP) is 4.57. The van der Waals surface area contributed by atoms with E-state index < -0.39 is 10.1 Å². The van der Waals surface area contributed by atoms with Gasteiger partial charge in [0.05, 0.1) is 0 Å². The zero-order valence-electron chi connectivity index (χ0n) is 19.5. The van der Waals surface area contributed by atoms with Crippen LogP contribution in [-0.2, 0) is 16.7 Å². The number of fused-ring (bicyclic) bond motifs is 2. The summed E-state index contributed by atoms with van der Waals surface area (Å²) in [6.07, 6.45) is 10.5. The van der Waals surface area contributed by atoms with Crippen molar-refractivity contribution in [1.82, 2.24) is 0 Å². The molecule has 34 heavy (non-hydrogen) atoms. The number of nitrogens with zero attached hydrogens (tertiary/aromatic N) is 2. The van der Waals surface area contributed by atoms with Gasteiger partial charge in [-0.15, -0.1) is 0 Å². The summed E-state index contributed by atoms with van der Waals surface area (Å²) < 4.78 is 36.4. The number of hydrogen-bond donors (Lipinski definition) is 1. The summed E-state index contributed by atoms with van der Waals surface area (Å²) in [6, 6.07) is 8.21. The van der Waals surface area contributed by atoms with Gasteiger partial charge in [0.2, 0.25) is 0 Å². The molecule has 2 aliphatic heterocycles. The van der Waals surface area contributed by atoms with Gasteiger partial charge in [0.25, 0.3) is 0 Å². The zero-order valence-corrected chi connectivity index (χ0v) is 24.2. The van der Waals surface area contributed by atoms with E-state index in [9.17, 15) is 8.42 Å². The second-order valence-corrected chi connectivity index (χ2v) is 15.5. The van der Waals surface area contributed by atoms with Crippen molar-refractivity contribution in [3.8, 4) is 0 Å². The second kappa shape index (κ2) is 11.7. The van der Waals surface area contributed by atoms with Crippen LogP contribution in [-0.4, -0.2) is 51.7 Å². The normalized spacial score (nSPS) is 18.7. The van der Waals surface area contributed by atoms with E-state index in [4.69, 9.17) is 4.55 Å². The number of thioether (sulfide) groups is 1. The van der Waals surface area contributed by atoms with Gasteiger partial charge in [0.1, 0.15) is 0 Å². The Kier molecular flexibility index (Phi) is 9.49. The Bertz CT molecular complexity index is 1230. The molecule has 1 aromatic heterocycles. The van der Waals surface area contributed by atoms with E-state index in [0.29, 0.717) is 16.9 Å². The minimum absolute atomic E-state index is 0. The minimum Gasteiger partial charge on any atom is -0.870 e. The van der Waals surface area contributed by atoms with E-state index in [1.54, 1.807) is 15.5 Å². The Balaban J connectivity index is 0.00000324. The molecule has 1 unspecified atom stereocenters. The Morgan fingerprint density at radius 2 is 2.06 bits per heavy atom. The van der Waals surface area contributed by atoms with E-state index in [1.165, 1.54) is 20.4 Å². The van der Waals surface area contributed by atoms with Crippen molar-refractivity contribution in [2.75, 3.05) is 17.2 Å². The fourth-order valence-corrected chi connectivity index (χ4v) is 10.5. The molecule has 0 spiro atoms. The van der Waals surface area contributed by atoms with Gasteiger partial charge < -0.3 is 5.48 Å². The Morgan fingerprint density at radius 1 is 1.29 bits per heavy atom. The second-order valence-electron chi connectivity index (χ2n) is 7.95. The van der Waals surface area contributed by atoms with E-state index in [0.717, 1.165) is 23.7 Å². The van der Waals surface area contributed by atoms with Gasteiger partial charge in [-0.25, -0.2) is 0 Å². The van der Waals surface area contributed by atoms with Crippen molar-refractivity contribution in [2.24, 2.45) is 0 Å². The third-order valence-corrected chi connectivity index (χ3v) is 12.3. The fourth-order valence-electron chi connectivity index (χ4n) is 3.88. The average molecular weight is 634 g/mol. The topological polar surface area (TPSA) is 91.5 Å². The van der Waals surface area contributed by atoms with Crippen molar-refractivity contribution in [1.29, 1.82) is 0 Å². The summed E-state index contributed by atoms with van der Waals surface area (Å²) in [4.78, 5) is 4.77. The summed E-state index contributed by atoms with van der Waals surface area (Å²) in [6.45, 7) is 8.26. The molecule has 4 rings (SSSR count). The van der Waals surface area contributed by atoms with Crippen molar-refractivity contribution in [3.05, 3.63) is 56.9 Å². The van der Waals surface area contributed by atoms with Crippen LogP contribution in [0.2, 0.25) is 3.97 Å². The predicted molar refractivity (Wildman–Crippen MR) is 143 cm³/mol. The molecule has 3 heterocycles. The number of benzene rings is 1. The van der Waals surface area contributed by atoms with E-state index in [1.807, 2.05) is 23.5 Å². The summed E-state index contributed by atoms with van der Waals surface area (Å²) in [7, 11) is -3.96. The third-order valence-electron chi connectivity index (χ3n) is 5.52. The number of para-hydroxylation sites is 1. The summed E-state index contributed by atoms with van der Waals surface area (Å²) in [5.74, 6) is -0.229. The molecule has 2 N–H and O–H groups in total. The zero-order chi connectivity index (χ0) is 23.6. The van der Waals surface area contributed by atoms with Crippen LogP contribution in [0.25, 0.3) is 12.2 Å². The molecule has 1 atom stereocenters. The van der Waals surface area contributed by atoms with Gasteiger partial charge in [-0.1, -0.05) is 0 Å². The van der Waals surface area contributed by atoms with Gasteiger partial charge in [0, 0.05) is 0 Å². The minimum atomic E-state index is -3.96. The summed E-state index contributed by atoms with van der Waals surface area (Å²) in [5, 5.41) is 2.41. The van der Waals surface area contributed by atoms with Crippen LogP contribution < -0.4 is 13.2 Å². The quantitative estimate of drug-likeness (QED) is 0.260. The first-order chi connectivity index (χ1) is 15.8. The number of rotatable bonds is 8. The molecule has 2 aliphatic rings. The Morgan fingerprint density at radius 3 is 2.76 bits per heavy atom. The Labute approximate surface area is 220 Å². The Hall–Kier alpha value is -1.12. The molecule has 0 fully saturated rings. The number of thiazole rings is 1. The van der Waals surface area contributed by atoms with Crippen molar-refractivity contribution >= 4 is 75.7 Å². The maximum atomic E-state index is 11.2. The molecular weight excluding hydrogens is 604 g/mol. The van der Waals surface area contributed by atoms with Gasteiger partial charge in [0.15, 0.2) is 0 Å². The molecule has 0 bridgehead atoms. The molecule has 0 amide bonds. The standard InChI is InChI=1S/C24H28N2O3S3Te.H2O/c1-4-18(15-22-25(5-2)24-21(31-22)12-11-17(3)33-24)16-23-26(13-8-14-32(27,28)29)19-9-6-7-10-20(19)30-23;/h6-7,9-12,15-17H,4-5,8,13-14H2,1-3H3;1H2. The van der Waals surface area contributed by atoms with E-state index in [2.05, 4.69) is 66.7 Å². The summed E-state index contributed by atoms with van der Waals surface area (Å²) in [5.41, 5.74) is 2.35. The molecule has 0 saturated carbocycles. The number of anilines is 1. The first-order valence-electron chi connectivity index (χ1n) is 11.1. The molecule has 2 aromatic rings. The smallest absolute Gasteiger partial charge is 0.870 e. The first kappa shape index (κ1) is 27.5. The van der Waals surface area contributed by atoms with Crippen molar-refractivity contribution < 1.29 is 23.0 Å². The molecular formula is C24H30N2O4S3Te. The van der Waals surface area contributed by atoms with Crippen molar-refractivity contribution in [3.63, 3.8) is 0 Å². The molecule has 10 heteroatoms. The van der Waals surface area contributed by atoms with Crippen LogP contribution in [0.1, 0.15) is 43.5 Å². The number of hydrogen-bond acceptors (Lipinski definition) is 6. The van der Waals surface area contributed by atoms with Crippen LogP contribution in [0, 0.1) is 0 Å². The number of aromatic nitrogens is 1. The monoisotopic (exact) mass is 636 g/mol. The molecule has 1 aromatic carbocycles. The average Bonchev–Trinajstić information content (AvgIpc) is 3.29. The van der Waals surface area contributed by atoms with E-state index >= 15 is 0 Å². The molecule has 0 radical (unpaired) electrons. The SMILES string of the molecule is CCC(=Cc1sc2c([n+]1CC)[Te]C(C)C=C2)C=C1Sc2ccccc2N1CCCS(=O)(=O)O.[OH-]. The summed E-state index contributed by atoms with van der Waals surface area (Å²) >= 11 is 3.39. The van der Waals surface area contributed by atoms with Gasteiger partial charge in [-0.3, -0.25) is 4.55 Å². The van der Waals surface area contributed by atoms with Gasteiger partial charge >= 0.3 is 203 Å². The number of allylic oxidation sites excluding steroid dienone is 3. The van der Waals surface area contributed by atoms with Crippen LogP contribution in [0.15, 0.2) is 51.9 Å². The fraction of sp³-hybridized carbons (Fsp3) is 0.375. The van der Waals surface area contributed by atoms with Crippen LogP contribution in [0.3, 0.4) is 0 Å². The molecule has 6 nitrogen and oxygen atoms in total. The van der Waals surface area contributed by atoms with Crippen LogP contribution in [0.5, 0.6) is 0 Å².